The van der Waals surface area contributed by atoms with Crippen molar-refractivity contribution < 1.29 is 14.3 Å². The third-order valence-corrected chi connectivity index (χ3v) is 4.25. The van der Waals surface area contributed by atoms with Gasteiger partial charge in [0.15, 0.2) is 5.69 Å². The maximum Gasteiger partial charge on any atom is 0.358 e. The van der Waals surface area contributed by atoms with E-state index in [1.165, 1.54) is 7.11 Å². The Balaban J connectivity index is 1.95. The normalized spacial score (nSPS) is 10.7. The first-order valence-electron chi connectivity index (χ1n) is 8.28. The number of carbonyl (C=O) groups excluding carboxylic acids is 2. The Morgan fingerprint density at radius 3 is 2.37 bits per heavy atom. The Hall–Kier alpha value is -3.80. The van der Waals surface area contributed by atoms with Crippen LogP contribution in [0.15, 0.2) is 67.0 Å². The maximum absolute atomic E-state index is 11.8. The van der Waals surface area contributed by atoms with Crippen LogP contribution >= 0.6 is 0 Å². The van der Waals surface area contributed by atoms with Gasteiger partial charge in [0.1, 0.15) is 6.29 Å². The van der Waals surface area contributed by atoms with Crippen LogP contribution in [0.1, 0.15) is 20.8 Å². The van der Waals surface area contributed by atoms with Crippen molar-refractivity contribution in [3.05, 3.63) is 78.2 Å². The summed E-state index contributed by atoms with van der Waals surface area (Å²) in [5.74, 6) is -0.122. The van der Waals surface area contributed by atoms with E-state index in [1.807, 2.05) is 48.7 Å². The molecule has 6 heteroatoms. The van der Waals surface area contributed by atoms with Gasteiger partial charge in [0.05, 0.1) is 12.8 Å². The van der Waals surface area contributed by atoms with Gasteiger partial charge in [-0.1, -0.05) is 54.6 Å². The second-order valence-corrected chi connectivity index (χ2v) is 5.93. The number of methoxy groups -OCH3 is 1. The second kappa shape index (κ2) is 6.84. The highest BCUT2D eigenvalue weighted by Gasteiger charge is 2.16. The molecule has 4 aromatic rings. The monoisotopic (exact) mass is 357 g/mol. The topological polar surface area (TPSA) is 73.6 Å². The molecule has 27 heavy (non-hydrogen) atoms. The van der Waals surface area contributed by atoms with Crippen molar-refractivity contribution >= 4 is 18.0 Å². The van der Waals surface area contributed by atoms with E-state index in [2.05, 4.69) is 9.97 Å². The lowest BCUT2D eigenvalue weighted by Crippen LogP contribution is -2.00. The number of hydrogen-bond acceptors (Lipinski definition) is 5. The molecule has 0 bridgehead atoms. The fourth-order valence-electron chi connectivity index (χ4n) is 2.89. The number of hydrogen-bond donors (Lipinski definition) is 0. The lowest BCUT2D eigenvalue weighted by Gasteiger charge is -2.10. The van der Waals surface area contributed by atoms with Gasteiger partial charge in [-0.15, -0.1) is 0 Å². The molecule has 0 aliphatic rings. The lowest BCUT2D eigenvalue weighted by molar-refractivity contribution is 0.0594. The van der Waals surface area contributed by atoms with Crippen LogP contribution in [0.25, 0.3) is 28.2 Å². The third kappa shape index (κ3) is 3.08. The lowest BCUT2D eigenvalue weighted by atomic mass is 10.00. The van der Waals surface area contributed by atoms with E-state index in [9.17, 15) is 9.59 Å². The van der Waals surface area contributed by atoms with Gasteiger partial charge in [0, 0.05) is 29.1 Å². The molecule has 6 nitrogen and oxygen atoms in total. The van der Waals surface area contributed by atoms with Gasteiger partial charge in [-0.25, -0.2) is 14.8 Å². The number of imidazole rings is 1. The predicted molar refractivity (Wildman–Crippen MR) is 101 cm³/mol. The van der Waals surface area contributed by atoms with E-state index in [1.54, 1.807) is 22.7 Å². The van der Waals surface area contributed by atoms with Crippen LogP contribution < -0.4 is 0 Å². The summed E-state index contributed by atoms with van der Waals surface area (Å²) in [5, 5.41) is 0. The van der Waals surface area contributed by atoms with Gasteiger partial charge in [-0.3, -0.25) is 9.20 Å². The molecule has 0 saturated carbocycles. The smallest absolute Gasteiger partial charge is 0.358 e. The minimum atomic E-state index is -0.515. The molecule has 0 aliphatic heterocycles. The molecule has 0 unspecified atom stereocenters. The van der Waals surface area contributed by atoms with Gasteiger partial charge in [-0.05, 0) is 5.56 Å². The summed E-state index contributed by atoms with van der Waals surface area (Å²) in [6.45, 7) is 0. The number of ether oxygens (including phenoxy) is 1. The Bertz CT molecular complexity index is 1130. The number of aromatic nitrogens is 3. The van der Waals surface area contributed by atoms with E-state index < -0.39 is 5.97 Å². The average molecular weight is 357 g/mol. The Morgan fingerprint density at radius 1 is 0.963 bits per heavy atom. The summed E-state index contributed by atoms with van der Waals surface area (Å²) in [6.07, 6.45) is 4.29. The van der Waals surface area contributed by atoms with E-state index >= 15 is 0 Å². The Kier molecular flexibility index (Phi) is 4.22. The van der Waals surface area contributed by atoms with Crippen LogP contribution in [0.5, 0.6) is 0 Å². The van der Waals surface area contributed by atoms with Gasteiger partial charge in [-0.2, -0.15) is 0 Å². The fourth-order valence-corrected chi connectivity index (χ4v) is 2.89. The van der Waals surface area contributed by atoms with E-state index in [4.69, 9.17) is 4.74 Å². The van der Waals surface area contributed by atoms with Crippen molar-refractivity contribution in [3.8, 4) is 22.4 Å². The number of aldehydes is 1. The van der Waals surface area contributed by atoms with Crippen molar-refractivity contribution in [3.63, 3.8) is 0 Å². The summed E-state index contributed by atoms with van der Waals surface area (Å²) in [5.41, 5.74) is 4.22. The van der Waals surface area contributed by atoms with Crippen LogP contribution in [0.3, 0.4) is 0 Å². The van der Waals surface area contributed by atoms with E-state index in [0.29, 0.717) is 17.0 Å². The molecule has 0 aliphatic carbocycles. The number of rotatable bonds is 4. The molecule has 0 fully saturated rings. The fraction of sp³-hybridized carbons (Fsp3) is 0.0476. The van der Waals surface area contributed by atoms with Gasteiger partial charge in [0.2, 0.25) is 5.78 Å². The van der Waals surface area contributed by atoms with Crippen molar-refractivity contribution in [1.29, 1.82) is 0 Å². The maximum atomic E-state index is 11.8. The molecular formula is C21H15N3O3. The molecule has 132 valence electrons. The summed E-state index contributed by atoms with van der Waals surface area (Å²) in [7, 11) is 1.31. The molecule has 2 aromatic heterocycles. The van der Waals surface area contributed by atoms with Crippen LogP contribution in [0.4, 0.5) is 0 Å². The number of carbonyl (C=O) groups is 2. The van der Waals surface area contributed by atoms with Gasteiger partial charge >= 0.3 is 5.97 Å². The Labute approximate surface area is 155 Å². The quantitative estimate of drug-likeness (QED) is 0.412. The summed E-state index contributed by atoms with van der Waals surface area (Å²) in [6, 6.07) is 17.0. The van der Waals surface area contributed by atoms with Crippen molar-refractivity contribution in [2.75, 3.05) is 7.11 Å². The van der Waals surface area contributed by atoms with E-state index in [0.717, 1.165) is 23.0 Å². The molecule has 0 radical (unpaired) electrons. The molecule has 0 N–H and O–H groups in total. The molecule has 2 aromatic carbocycles. The number of benzene rings is 2. The zero-order valence-electron chi connectivity index (χ0n) is 14.5. The molecule has 0 spiro atoms. The zero-order valence-corrected chi connectivity index (χ0v) is 14.5. The number of nitrogens with zero attached hydrogens (tertiary/aromatic N) is 3. The van der Waals surface area contributed by atoms with Crippen LogP contribution in [-0.4, -0.2) is 33.7 Å². The first-order valence-corrected chi connectivity index (χ1v) is 8.28. The predicted octanol–water partition coefficient (Wildman–Crippen LogP) is 3.66. The molecule has 0 saturated heterocycles. The summed E-state index contributed by atoms with van der Waals surface area (Å²) in [4.78, 5) is 31.7. The molecule has 0 atom stereocenters. The SMILES string of the molecule is COC(=O)c1cn2cc(-c3ccccc3)c(-c3ccc(C=O)cc3)nc2n1. The van der Waals surface area contributed by atoms with Gasteiger partial charge < -0.3 is 4.74 Å². The summed E-state index contributed by atoms with van der Waals surface area (Å²) < 4.78 is 6.45. The number of fused-ring (bicyclic) bond motifs is 1. The summed E-state index contributed by atoms with van der Waals surface area (Å²) >= 11 is 0. The third-order valence-electron chi connectivity index (χ3n) is 4.25. The molecular weight excluding hydrogens is 342 g/mol. The highest BCUT2D eigenvalue weighted by molar-refractivity contribution is 5.88. The molecule has 2 heterocycles. The Morgan fingerprint density at radius 2 is 1.70 bits per heavy atom. The van der Waals surface area contributed by atoms with Gasteiger partial charge in [0.25, 0.3) is 0 Å². The largest absolute Gasteiger partial charge is 0.464 e. The molecule has 0 amide bonds. The standard InChI is InChI=1S/C21H15N3O3/c1-27-20(26)18-12-24-11-17(15-5-3-2-4-6-15)19(23-21(24)22-18)16-9-7-14(13-25)8-10-16/h2-13H,1H3. The first kappa shape index (κ1) is 16.7. The minimum Gasteiger partial charge on any atom is -0.464 e. The molecule has 4 rings (SSSR count). The van der Waals surface area contributed by atoms with E-state index in [-0.39, 0.29) is 5.69 Å². The minimum absolute atomic E-state index is 0.192. The van der Waals surface area contributed by atoms with Crippen molar-refractivity contribution in [2.45, 2.75) is 0 Å². The van der Waals surface area contributed by atoms with Crippen molar-refractivity contribution in [2.24, 2.45) is 0 Å². The average Bonchev–Trinajstić information content (AvgIpc) is 3.16. The van der Waals surface area contributed by atoms with Crippen molar-refractivity contribution in [1.82, 2.24) is 14.4 Å². The van der Waals surface area contributed by atoms with Crippen LogP contribution in [-0.2, 0) is 4.74 Å². The highest BCUT2D eigenvalue weighted by atomic mass is 16.5. The van der Waals surface area contributed by atoms with Crippen LogP contribution in [0.2, 0.25) is 0 Å². The number of esters is 1. The van der Waals surface area contributed by atoms with Crippen LogP contribution in [0, 0.1) is 0 Å². The second-order valence-electron chi connectivity index (χ2n) is 5.93. The first-order chi connectivity index (χ1) is 13.2. The highest BCUT2D eigenvalue weighted by Crippen LogP contribution is 2.31. The zero-order chi connectivity index (χ0) is 18.8.